The lowest BCUT2D eigenvalue weighted by atomic mass is 10.0. The number of hydrogen-bond acceptors (Lipinski definition) is 4. The van der Waals surface area contributed by atoms with Gasteiger partial charge in [0.25, 0.3) is 5.91 Å². The van der Waals surface area contributed by atoms with Crippen LogP contribution in [0.2, 0.25) is 0 Å². The minimum absolute atomic E-state index is 0.135. The monoisotopic (exact) mass is 361 g/mol. The van der Waals surface area contributed by atoms with Crippen LogP contribution in [-0.2, 0) is 0 Å². The average molecular weight is 362 g/mol. The number of anilines is 1. The second kappa shape index (κ2) is 7.17. The SMILES string of the molecule is CC(C)Nc1cc(Br)ncc1C(=O)NC[C@@H](F)C(C)(C)O. The van der Waals surface area contributed by atoms with Crippen molar-refractivity contribution in [1.29, 1.82) is 0 Å². The maximum atomic E-state index is 13.7. The van der Waals surface area contributed by atoms with Gasteiger partial charge in [-0.3, -0.25) is 4.79 Å². The molecule has 0 saturated heterocycles. The summed E-state index contributed by atoms with van der Waals surface area (Å²) in [6, 6.07) is 1.83. The largest absolute Gasteiger partial charge is 0.387 e. The van der Waals surface area contributed by atoms with Gasteiger partial charge in [0.2, 0.25) is 0 Å². The molecule has 0 saturated carbocycles. The van der Waals surface area contributed by atoms with Crippen LogP contribution in [0.5, 0.6) is 0 Å². The van der Waals surface area contributed by atoms with E-state index < -0.39 is 17.7 Å². The highest BCUT2D eigenvalue weighted by molar-refractivity contribution is 9.10. The summed E-state index contributed by atoms with van der Waals surface area (Å²) in [5, 5.41) is 15.1. The summed E-state index contributed by atoms with van der Waals surface area (Å²) in [5.74, 6) is -0.440. The maximum absolute atomic E-state index is 13.7. The number of alkyl halides is 1. The lowest BCUT2D eigenvalue weighted by Gasteiger charge is -2.22. The van der Waals surface area contributed by atoms with Crippen LogP contribution in [0.15, 0.2) is 16.9 Å². The molecule has 7 heteroatoms. The topological polar surface area (TPSA) is 74.2 Å². The normalized spacial score (nSPS) is 13.1. The minimum Gasteiger partial charge on any atom is -0.387 e. The molecule has 3 N–H and O–H groups in total. The molecule has 5 nitrogen and oxygen atoms in total. The lowest BCUT2D eigenvalue weighted by Crippen LogP contribution is -2.42. The molecular weight excluding hydrogens is 341 g/mol. The first-order chi connectivity index (χ1) is 9.61. The number of carbonyl (C=O) groups excluding carboxylic acids is 1. The third kappa shape index (κ3) is 5.59. The highest BCUT2D eigenvalue weighted by Gasteiger charge is 2.27. The number of halogens is 2. The Hall–Kier alpha value is -1.21. The Labute approximate surface area is 132 Å². The Morgan fingerprint density at radius 3 is 2.67 bits per heavy atom. The van der Waals surface area contributed by atoms with Crippen molar-refractivity contribution in [3.63, 3.8) is 0 Å². The van der Waals surface area contributed by atoms with Crippen LogP contribution in [0, 0.1) is 0 Å². The minimum atomic E-state index is -1.55. The molecule has 1 rings (SSSR count). The van der Waals surface area contributed by atoms with Crippen LogP contribution in [0.1, 0.15) is 38.1 Å². The third-order valence-electron chi connectivity index (χ3n) is 2.77. The first kappa shape index (κ1) is 17.8. The molecule has 0 aliphatic rings. The summed E-state index contributed by atoms with van der Waals surface area (Å²) in [4.78, 5) is 16.2. The number of rotatable bonds is 6. The van der Waals surface area contributed by atoms with Crippen molar-refractivity contribution in [3.8, 4) is 0 Å². The van der Waals surface area contributed by atoms with E-state index in [1.807, 2.05) is 13.8 Å². The molecule has 1 aromatic heterocycles. The molecule has 1 atom stereocenters. The predicted octanol–water partition coefficient (Wildman–Crippen LogP) is 2.50. The Morgan fingerprint density at radius 2 is 2.14 bits per heavy atom. The number of pyridine rings is 1. The fourth-order valence-corrected chi connectivity index (χ4v) is 1.90. The quantitative estimate of drug-likeness (QED) is 0.680. The van der Waals surface area contributed by atoms with E-state index in [9.17, 15) is 14.3 Å². The summed E-state index contributed by atoms with van der Waals surface area (Å²) < 4.78 is 14.3. The average Bonchev–Trinajstić information content (AvgIpc) is 2.33. The number of hydrogen-bond donors (Lipinski definition) is 3. The molecule has 1 amide bonds. The molecule has 21 heavy (non-hydrogen) atoms. The van der Waals surface area contributed by atoms with Gasteiger partial charge in [-0.15, -0.1) is 0 Å². The number of carbonyl (C=O) groups is 1. The van der Waals surface area contributed by atoms with Gasteiger partial charge in [0.15, 0.2) is 0 Å². The third-order valence-corrected chi connectivity index (χ3v) is 3.20. The summed E-state index contributed by atoms with van der Waals surface area (Å²) >= 11 is 3.25. The van der Waals surface area contributed by atoms with Crippen LogP contribution < -0.4 is 10.6 Å². The second-order valence-electron chi connectivity index (χ2n) is 5.68. The van der Waals surface area contributed by atoms with Crippen LogP contribution in [0.25, 0.3) is 0 Å². The predicted molar refractivity (Wildman–Crippen MR) is 84.2 cm³/mol. The summed E-state index contributed by atoms with van der Waals surface area (Å²) in [6.07, 6.45) is -0.132. The molecule has 0 fully saturated rings. The standard InChI is InChI=1S/C14H21BrFN3O2/c1-8(2)19-10-5-12(15)17-6-9(10)13(20)18-7-11(16)14(3,4)21/h5-6,8,11,21H,7H2,1-4H3,(H,17,19)(H,18,20)/t11-/m1/s1. The second-order valence-corrected chi connectivity index (χ2v) is 6.50. The Bertz CT molecular complexity index is 503. The Morgan fingerprint density at radius 1 is 1.52 bits per heavy atom. The van der Waals surface area contributed by atoms with Gasteiger partial charge in [0.1, 0.15) is 10.8 Å². The maximum Gasteiger partial charge on any atom is 0.255 e. The molecule has 1 aromatic rings. The van der Waals surface area contributed by atoms with Gasteiger partial charge in [-0.25, -0.2) is 9.37 Å². The van der Waals surface area contributed by atoms with Crippen molar-refractivity contribution in [2.75, 3.05) is 11.9 Å². The van der Waals surface area contributed by atoms with Crippen molar-refractivity contribution in [2.24, 2.45) is 0 Å². The van der Waals surface area contributed by atoms with Crippen molar-refractivity contribution < 1.29 is 14.3 Å². The van der Waals surface area contributed by atoms with Crippen molar-refractivity contribution in [2.45, 2.75) is 45.5 Å². The molecular formula is C14H21BrFN3O2. The van der Waals surface area contributed by atoms with Crippen molar-refractivity contribution in [1.82, 2.24) is 10.3 Å². The van der Waals surface area contributed by atoms with E-state index in [1.54, 1.807) is 6.07 Å². The number of aromatic nitrogens is 1. The number of nitrogens with one attached hydrogen (secondary N) is 2. The van der Waals surface area contributed by atoms with E-state index in [1.165, 1.54) is 20.0 Å². The molecule has 1 heterocycles. The molecule has 0 unspecified atom stereocenters. The zero-order chi connectivity index (χ0) is 16.2. The fourth-order valence-electron chi connectivity index (χ4n) is 1.57. The lowest BCUT2D eigenvalue weighted by molar-refractivity contribution is -0.00177. The van der Waals surface area contributed by atoms with Gasteiger partial charge in [-0.1, -0.05) is 0 Å². The van der Waals surface area contributed by atoms with Gasteiger partial charge >= 0.3 is 0 Å². The number of aliphatic hydroxyl groups is 1. The molecule has 0 bridgehead atoms. The van der Waals surface area contributed by atoms with Gasteiger partial charge in [0, 0.05) is 12.2 Å². The van der Waals surface area contributed by atoms with Crippen molar-refractivity contribution >= 4 is 27.5 Å². The first-order valence-electron chi connectivity index (χ1n) is 6.68. The van der Waals surface area contributed by atoms with E-state index in [4.69, 9.17) is 0 Å². The van der Waals surface area contributed by atoms with Gasteiger partial charge in [-0.2, -0.15) is 0 Å². The summed E-state index contributed by atoms with van der Waals surface area (Å²) in [5.41, 5.74) is -0.553. The fraction of sp³-hybridized carbons (Fsp3) is 0.571. The van der Waals surface area contributed by atoms with E-state index in [-0.39, 0.29) is 12.6 Å². The van der Waals surface area contributed by atoms with E-state index in [2.05, 4.69) is 31.5 Å². The van der Waals surface area contributed by atoms with Crippen LogP contribution in [-0.4, -0.2) is 40.4 Å². The molecule has 118 valence electrons. The molecule has 0 spiro atoms. The number of nitrogens with zero attached hydrogens (tertiary/aromatic N) is 1. The van der Waals surface area contributed by atoms with E-state index in [0.717, 1.165) is 0 Å². The number of amides is 1. The Balaban J connectivity index is 2.82. The highest BCUT2D eigenvalue weighted by atomic mass is 79.9. The van der Waals surface area contributed by atoms with E-state index in [0.29, 0.717) is 15.9 Å². The van der Waals surface area contributed by atoms with Crippen LogP contribution in [0.4, 0.5) is 10.1 Å². The summed E-state index contributed by atoms with van der Waals surface area (Å²) in [6.45, 7) is 6.34. The van der Waals surface area contributed by atoms with E-state index >= 15 is 0 Å². The molecule has 0 aliphatic heterocycles. The molecule has 0 radical (unpaired) electrons. The van der Waals surface area contributed by atoms with Crippen LogP contribution >= 0.6 is 15.9 Å². The zero-order valence-corrected chi connectivity index (χ0v) is 14.2. The smallest absolute Gasteiger partial charge is 0.255 e. The first-order valence-corrected chi connectivity index (χ1v) is 7.47. The molecule has 0 aliphatic carbocycles. The Kier molecular flexibility index (Phi) is 6.10. The van der Waals surface area contributed by atoms with Crippen LogP contribution in [0.3, 0.4) is 0 Å². The van der Waals surface area contributed by atoms with Gasteiger partial charge in [0.05, 0.1) is 23.4 Å². The van der Waals surface area contributed by atoms with Gasteiger partial charge < -0.3 is 15.7 Å². The van der Waals surface area contributed by atoms with Crippen molar-refractivity contribution in [3.05, 3.63) is 22.4 Å². The zero-order valence-electron chi connectivity index (χ0n) is 12.6. The van der Waals surface area contributed by atoms with Gasteiger partial charge in [-0.05, 0) is 49.7 Å². The summed E-state index contributed by atoms with van der Waals surface area (Å²) in [7, 11) is 0. The molecule has 0 aromatic carbocycles. The highest BCUT2D eigenvalue weighted by Crippen LogP contribution is 2.20.